The Bertz CT molecular complexity index is 1410. The number of aliphatic hydroxyl groups is 1. The van der Waals surface area contributed by atoms with Crippen LogP contribution in [0.5, 0.6) is 0 Å². The fourth-order valence-corrected chi connectivity index (χ4v) is 6.40. The van der Waals surface area contributed by atoms with Crippen molar-refractivity contribution < 1.29 is 14.3 Å². The van der Waals surface area contributed by atoms with Crippen LogP contribution in [-0.2, 0) is 23.5 Å². The van der Waals surface area contributed by atoms with Gasteiger partial charge >= 0.3 is 0 Å². The molecule has 3 aromatic rings. The topological polar surface area (TPSA) is 112 Å². The monoisotopic (exact) mass is 510 g/mol. The van der Waals surface area contributed by atoms with Gasteiger partial charge < -0.3 is 20.3 Å². The molecule has 0 bridgehead atoms. The normalized spacial score (nSPS) is 23.6. The zero-order valence-electron chi connectivity index (χ0n) is 19.7. The van der Waals surface area contributed by atoms with Crippen LogP contribution in [-0.4, -0.2) is 62.4 Å². The Balaban J connectivity index is 1.10. The van der Waals surface area contributed by atoms with Gasteiger partial charge in [-0.05, 0) is 50.0 Å². The molecule has 6 heterocycles. The van der Waals surface area contributed by atoms with E-state index in [2.05, 4.69) is 25.5 Å². The quantitative estimate of drug-likeness (QED) is 0.459. The van der Waals surface area contributed by atoms with Gasteiger partial charge in [-0.2, -0.15) is 0 Å². The summed E-state index contributed by atoms with van der Waals surface area (Å²) in [5.74, 6) is 0.799. The summed E-state index contributed by atoms with van der Waals surface area (Å²) in [4.78, 5) is 35.9. The second kappa shape index (κ2) is 9.22. The van der Waals surface area contributed by atoms with E-state index in [1.165, 1.54) is 22.4 Å². The summed E-state index contributed by atoms with van der Waals surface area (Å²) in [6.45, 7) is 3.23. The van der Waals surface area contributed by atoms with E-state index in [9.17, 15) is 19.1 Å². The van der Waals surface area contributed by atoms with E-state index < -0.39 is 11.4 Å². The molecule has 1 saturated heterocycles. The first-order chi connectivity index (χ1) is 17.4. The highest BCUT2D eigenvalue weighted by molar-refractivity contribution is 8.00. The molecule has 3 N–H and O–H groups in total. The molecule has 0 saturated carbocycles. The summed E-state index contributed by atoms with van der Waals surface area (Å²) in [5.41, 5.74) is 0.202. The maximum atomic E-state index is 14.9. The Morgan fingerprint density at radius 1 is 1.28 bits per heavy atom. The number of amides is 1. The predicted molar refractivity (Wildman–Crippen MR) is 134 cm³/mol. The molecule has 2 atom stereocenters. The number of carbonyl (C=O) groups excluding carboxylic acids is 1. The summed E-state index contributed by atoms with van der Waals surface area (Å²) < 4.78 is 16.3. The fraction of sp³-hybridized carbons (Fsp3) is 0.440. The summed E-state index contributed by atoms with van der Waals surface area (Å²) >= 11 is 1.49. The summed E-state index contributed by atoms with van der Waals surface area (Å²) in [7, 11) is 0. The molecule has 1 amide bonds. The minimum atomic E-state index is -1.48. The maximum Gasteiger partial charge on any atom is 0.251 e. The number of fused-ring (bicyclic) bond motifs is 1. The van der Waals surface area contributed by atoms with Gasteiger partial charge in [0.1, 0.15) is 17.2 Å². The first-order valence-corrected chi connectivity index (χ1v) is 13.1. The third kappa shape index (κ3) is 4.30. The Kier molecular flexibility index (Phi) is 6.03. The van der Waals surface area contributed by atoms with Crippen LogP contribution in [0, 0.1) is 11.7 Å². The first kappa shape index (κ1) is 23.5. The minimum absolute atomic E-state index is 0.0271. The van der Waals surface area contributed by atoms with Gasteiger partial charge in [-0.25, -0.2) is 9.37 Å². The Morgan fingerprint density at radius 2 is 2.17 bits per heavy atom. The number of hydrogen-bond donors (Lipinski definition) is 3. The molecule has 0 spiro atoms. The van der Waals surface area contributed by atoms with Crippen molar-refractivity contribution >= 4 is 34.5 Å². The molecule has 188 valence electrons. The largest absolute Gasteiger partial charge is 0.382 e. The van der Waals surface area contributed by atoms with E-state index in [0.717, 1.165) is 49.3 Å². The van der Waals surface area contributed by atoms with Crippen LogP contribution in [0.15, 0.2) is 40.2 Å². The molecule has 0 unspecified atom stereocenters. The lowest BCUT2D eigenvalue weighted by atomic mass is 9.92. The second-order valence-electron chi connectivity index (χ2n) is 9.86. The van der Waals surface area contributed by atoms with Gasteiger partial charge in [0.05, 0.1) is 45.7 Å². The van der Waals surface area contributed by atoms with E-state index in [1.807, 2.05) is 12.1 Å². The average molecular weight is 511 g/mol. The van der Waals surface area contributed by atoms with Crippen LogP contribution in [0.3, 0.4) is 0 Å². The highest BCUT2D eigenvalue weighted by Gasteiger charge is 2.43. The van der Waals surface area contributed by atoms with Gasteiger partial charge in [0.25, 0.3) is 5.56 Å². The molecule has 3 aliphatic heterocycles. The number of carbonyl (C=O) groups is 1. The van der Waals surface area contributed by atoms with Crippen LogP contribution < -0.4 is 16.2 Å². The van der Waals surface area contributed by atoms with E-state index in [0.29, 0.717) is 35.1 Å². The van der Waals surface area contributed by atoms with Gasteiger partial charge in [-0.3, -0.25) is 19.5 Å². The van der Waals surface area contributed by atoms with Crippen molar-refractivity contribution in [3.63, 3.8) is 0 Å². The van der Waals surface area contributed by atoms with Crippen molar-refractivity contribution in [3.05, 3.63) is 57.9 Å². The zero-order valence-corrected chi connectivity index (χ0v) is 20.5. The summed E-state index contributed by atoms with van der Waals surface area (Å²) in [6.07, 6.45) is 3.16. The molecule has 36 heavy (non-hydrogen) atoms. The van der Waals surface area contributed by atoms with E-state index in [4.69, 9.17) is 0 Å². The number of rotatable bonds is 6. The lowest BCUT2D eigenvalue weighted by Gasteiger charge is -2.37. The molecule has 1 fully saturated rings. The number of anilines is 1. The van der Waals surface area contributed by atoms with E-state index >= 15 is 0 Å². The molecule has 3 aliphatic rings. The second-order valence-corrected chi connectivity index (χ2v) is 10.9. The molecule has 9 nitrogen and oxygen atoms in total. The Labute approximate surface area is 211 Å². The molecule has 3 aromatic heterocycles. The number of likely N-dealkylation sites (tertiary alicyclic amines) is 1. The van der Waals surface area contributed by atoms with Crippen molar-refractivity contribution in [2.45, 2.75) is 36.4 Å². The fourth-order valence-electron chi connectivity index (χ4n) is 5.65. The van der Waals surface area contributed by atoms with Crippen molar-refractivity contribution in [2.75, 3.05) is 37.2 Å². The molecular formula is C25H27FN6O3S. The smallest absolute Gasteiger partial charge is 0.251 e. The SMILES string of the molecule is O=C1CSc2ccc(CNC[C@@H]3CCCN(C[C@]4(O)Cn5c(=O)ccc6ncc(F)c4c65)C3)nc2N1. The van der Waals surface area contributed by atoms with Gasteiger partial charge in [0, 0.05) is 25.7 Å². The molecule has 11 heteroatoms. The standard InChI is InChI=1S/C25H27FN6O3S/c26-17-10-28-18-4-6-21(34)32-14-25(35,22(17)23(18)32)13-31-7-1-2-15(11-31)8-27-9-16-3-5-19-24(29-16)30-20(33)12-36-19/h3-6,10,15,27,35H,1-2,7-9,11-14H2,(H,29,30,33)/t15-,25-/m0/s1. The highest BCUT2D eigenvalue weighted by Crippen LogP contribution is 2.38. The third-order valence-electron chi connectivity index (χ3n) is 7.20. The number of piperidine rings is 1. The van der Waals surface area contributed by atoms with E-state index in [-0.39, 0.29) is 30.1 Å². The van der Waals surface area contributed by atoms with Crippen molar-refractivity contribution in [3.8, 4) is 0 Å². The lowest BCUT2D eigenvalue weighted by Crippen LogP contribution is -2.47. The summed E-state index contributed by atoms with van der Waals surface area (Å²) in [5, 5.41) is 17.9. The van der Waals surface area contributed by atoms with Crippen molar-refractivity contribution in [1.29, 1.82) is 0 Å². The van der Waals surface area contributed by atoms with Gasteiger partial charge in [-0.1, -0.05) is 0 Å². The number of halogens is 1. The molecule has 0 aromatic carbocycles. The van der Waals surface area contributed by atoms with Crippen molar-refractivity contribution in [1.82, 2.24) is 24.8 Å². The van der Waals surface area contributed by atoms with E-state index in [1.54, 1.807) is 6.07 Å². The lowest BCUT2D eigenvalue weighted by molar-refractivity contribution is -0.113. The molecule has 6 rings (SSSR count). The number of aromatic nitrogens is 3. The molecule has 0 aliphatic carbocycles. The van der Waals surface area contributed by atoms with Gasteiger partial charge in [0.2, 0.25) is 5.91 Å². The first-order valence-electron chi connectivity index (χ1n) is 12.2. The van der Waals surface area contributed by atoms with Crippen molar-refractivity contribution in [2.24, 2.45) is 5.92 Å². The third-order valence-corrected chi connectivity index (χ3v) is 8.25. The Hall–Kier alpha value is -2.86. The van der Waals surface area contributed by atoms with Gasteiger partial charge in [-0.15, -0.1) is 11.8 Å². The number of pyridine rings is 3. The minimum Gasteiger partial charge on any atom is -0.382 e. The van der Waals surface area contributed by atoms with Crippen LogP contribution in [0.1, 0.15) is 24.1 Å². The van der Waals surface area contributed by atoms with Crippen LogP contribution in [0.2, 0.25) is 0 Å². The highest BCUT2D eigenvalue weighted by atomic mass is 32.2. The average Bonchev–Trinajstić information content (AvgIpc) is 3.17. The zero-order chi connectivity index (χ0) is 24.9. The molecular weight excluding hydrogens is 483 g/mol. The number of nitrogens with one attached hydrogen (secondary N) is 2. The Morgan fingerprint density at radius 3 is 3.06 bits per heavy atom. The number of nitrogens with zero attached hydrogens (tertiary/aromatic N) is 4. The summed E-state index contributed by atoms with van der Waals surface area (Å²) in [6, 6.07) is 6.96. The van der Waals surface area contributed by atoms with Crippen LogP contribution in [0.25, 0.3) is 11.0 Å². The predicted octanol–water partition coefficient (Wildman–Crippen LogP) is 1.68. The van der Waals surface area contributed by atoms with Crippen LogP contribution >= 0.6 is 11.8 Å². The van der Waals surface area contributed by atoms with Gasteiger partial charge in [0.15, 0.2) is 0 Å². The molecule has 0 radical (unpaired) electrons. The number of β-amino-alcohol motifs (C(OH)–C–C–N with tert-alkyl or cyclic N) is 1. The number of hydrogen-bond acceptors (Lipinski definition) is 8. The maximum absolute atomic E-state index is 14.9. The number of thioether (sulfide) groups is 1. The van der Waals surface area contributed by atoms with Crippen LogP contribution in [0.4, 0.5) is 10.2 Å².